The molecule has 11 heteroatoms. The zero-order valence-electron chi connectivity index (χ0n) is 9.07. The number of hydrogen-bond acceptors (Lipinski definition) is 2. The molecule has 0 saturated heterocycles. The standard InChI is InChI=1S/C7H9F8O2P/c1-18(2,16)17-3-5(10,11)7(14,15)6(12,13)4(8)9/h4H,3H2,1-2H3. The van der Waals surface area contributed by atoms with Crippen LogP contribution >= 0.6 is 7.37 Å². The van der Waals surface area contributed by atoms with Crippen molar-refractivity contribution in [3.8, 4) is 0 Å². The van der Waals surface area contributed by atoms with E-state index in [0.717, 1.165) is 13.3 Å². The highest BCUT2D eigenvalue weighted by molar-refractivity contribution is 7.57. The minimum absolute atomic E-state index is 0.770. The van der Waals surface area contributed by atoms with Crippen molar-refractivity contribution in [2.24, 2.45) is 0 Å². The van der Waals surface area contributed by atoms with Gasteiger partial charge in [0.25, 0.3) is 0 Å². The number of alkyl halides is 8. The first-order chi connectivity index (χ1) is 7.65. The van der Waals surface area contributed by atoms with Crippen LogP contribution in [0, 0.1) is 0 Å². The lowest BCUT2D eigenvalue weighted by Crippen LogP contribution is -2.59. The molecule has 0 rings (SSSR count). The van der Waals surface area contributed by atoms with E-state index < -0.39 is 38.2 Å². The van der Waals surface area contributed by atoms with Gasteiger partial charge in [0.1, 0.15) is 6.61 Å². The Bertz CT molecular complexity index is 336. The summed E-state index contributed by atoms with van der Waals surface area (Å²) in [6.45, 7) is -0.814. The Morgan fingerprint density at radius 2 is 1.44 bits per heavy atom. The van der Waals surface area contributed by atoms with Crippen LogP contribution in [0.1, 0.15) is 0 Å². The third kappa shape index (κ3) is 3.57. The van der Waals surface area contributed by atoms with E-state index in [9.17, 15) is 39.7 Å². The van der Waals surface area contributed by atoms with Gasteiger partial charge in [-0.2, -0.15) is 26.3 Å². The zero-order chi connectivity index (χ0) is 15.0. The van der Waals surface area contributed by atoms with E-state index in [0.29, 0.717) is 0 Å². The van der Waals surface area contributed by atoms with Crippen molar-refractivity contribution in [2.45, 2.75) is 24.2 Å². The first-order valence-electron chi connectivity index (χ1n) is 4.26. The molecule has 0 aliphatic carbocycles. The normalized spacial score (nSPS) is 15.3. The summed E-state index contributed by atoms with van der Waals surface area (Å²) in [6, 6.07) is 0. The molecule has 0 fully saturated rings. The molecule has 0 N–H and O–H groups in total. The topological polar surface area (TPSA) is 26.3 Å². The Morgan fingerprint density at radius 3 is 1.72 bits per heavy atom. The quantitative estimate of drug-likeness (QED) is 0.552. The van der Waals surface area contributed by atoms with Crippen LogP contribution in [0.3, 0.4) is 0 Å². The molecule has 110 valence electrons. The van der Waals surface area contributed by atoms with Crippen molar-refractivity contribution in [3.63, 3.8) is 0 Å². The summed E-state index contributed by atoms with van der Waals surface area (Å²) in [5.41, 5.74) is 0. The first-order valence-corrected chi connectivity index (χ1v) is 6.78. The predicted octanol–water partition coefficient (Wildman–Crippen LogP) is 3.71. The maximum Gasteiger partial charge on any atom is 0.380 e. The van der Waals surface area contributed by atoms with Crippen LogP contribution < -0.4 is 0 Å². The first kappa shape index (κ1) is 17.6. The van der Waals surface area contributed by atoms with E-state index in [2.05, 4.69) is 4.52 Å². The van der Waals surface area contributed by atoms with Crippen molar-refractivity contribution in [1.29, 1.82) is 0 Å². The van der Waals surface area contributed by atoms with Gasteiger partial charge in [0.05, 0.1) is 0 Å². The molecule has 0 aromatic carbocycles. The fourth-order valence-corrected chi connectivity index (χ4v) is 1.18. The second-order valence-electron chi connectivity index (χ2n) is 3.73. The van der Waals surface area contributed by atoms with Crippen molar-refractivity contribution >= 4 is 7.37 Å². The largest absolute Gasteiger partial charge is 0.380 e. The van der Waals surface area contributed by atoms with Gasteiger partial charge in [0.15, 0.2) is 7.37 Å². The maximum absolute atomic E-state index is 12.8. The van der Waals surface area contributed by atoms with Gasteiger partial charge < -0.3 is 4.52 Å². The molecule has 0 saturated carbocycles. The Balaban J connectivity index is 5.14. The highest BCUT2D eigenvalue weighted by Gasteiger charge is 2.75. The van der Waals surface area contributed by atoms with Crippen LogP contribution in [0.2, 0.25) is 0 Å². The summed E-state index contributed by atoms with van der Waals surface area (Å²) in [6.07, 6.45) is -4.98. The third-order valence-corrected chi connectivity index (χ3v) is 2.46. The summed E-state index contributed by atoms with van der Waals surface area (Å²) in [5.74, 6) is -18.1. The Kier molecular flexibility index (Phi) is 4.85. The molecule has 0 unspecified atom stereocenters. The molecular formula is C7H9F8O2P. The molecule has 2 nitrogen and oxygen atoms in total. The second-order valence-corrected chi connectivity index (χ2v) is 6.49. The summed E-state index contributed by atoms with van der Waals surface area (Å²) in [4.78, 5) is 0. The number of halogens is 8. The lowest BCUT2D eigenvalue weighted by Gasteiger charge is -2.32. The highest BCUT2D eigenvalue weighted by atomic mass is 31.2. The molecule has 0 aliphatic rings. The number of hydrogen-bond donors (Lipinski definition) is 0. The van der Waals surface area contributed by atoms with Gasteiger partial charge in [-0.3, -0.25) is 4.57 Å². The molecule has 0 radical (unpaired) electrons. The molecule has 0 bridgehead atoms. The van der Waals surface area contributed by atoms with Gasteiger partial charge in [-0.15, -0.1) is 0 Å². The van der Waals surface area contributed by atoms with Crippen LogP contribution in [0.4, 0.5) is 35.1 Å². The third-order valence-electron chi connectivity index (χ3n) is 1.71. The van der Waals surface area contributed by atoms with E-state index in [1.165, 1.54) is 0 Å². The molecule has 0 aliphatic heterocycles. The smallest absolute Gasteiger partial charge is 0.322 e. The van der Waals surface area contributed by atoms with Crippen molar-refractivity contribution in [1.82, 2.24) is 0 Å². The van der Waals surface area contributed by atoms with Crippen molar-refractivity contribution < 1.29 is 44.2 Å². The molecule has 0 aromatic rings. The Morgan fingerprint density at radius 1 is 1.06 bits per heavy atom. The van der Waals surface area contributed by atoms with Crippen LogP contribution in [0.25, 0.3) is 0 Å². The molecule has 0 amide bonds. The van der Waals surface area contributed by atoms with Gasteiger partial charge in [-0.25, -0.2) is 8.78 Å². The number of rotatable bonds is 6. The Hall–Kier alpha value is -0.370. The summed E-state index contributed by atoms with van der Waals surface area (Å²) in [5, 5.41) is 0. The average Bonchev–Trinajstić information content (AvgIpc) is 2.13. The average molecular weight is 308 g/mol. The zero-order valence-corrected chi connectivity index (χ0v) is 9.97. The van der Waals surface area contributed by atoms with Gasteiger partial charge in [0, 0.05) is 13.3 Å². The summed E-state index contributed by atoms with van der Waals surface area (Å²) >= 11 is 0. The van der Waals surface area contributed by atoms with E-state index in [4.69, 9.17) is 0 Å². The van der Waals surface area contributed by atoms with E-state index >= 15 is 0 Å². The summed E-state index contributed by atoms with van der Waals surface area (Å²) < 4.78 is 113. The lowest BCUT2D eigenvalue weighted by molar-refractivity contribution is -0.342. The molecule has 0 heterocycles. The van der Waals surface area contributed by atoms with Gasteiger partial charge in [-0.1, -0.05) is 0 Å². The lowest BCUT2D eigenvalue weighted by atomic mass is 10.1. The van der Waals surface area contributed by atoms with E-state index in [1.807, 2.05) is 0 Å². The molecular weight excluding hydrogens is 299 g/mol. The fraction of sp³-hybridized carbons (Fsp3) is 1.00. The highest BCUT2D eigenvalue weighted by Crippen LogP contribution is 2.50. The van der Waals surface area contributed by atoms with Crippen LogP contribution in [-0.4, -0.2) is 44.1 Å². The predicted molar refractivity (Wildman–Crippen MR) is 46.3 cm³/mol. The van der Waals surface area contributed by atoms with Crippen molar-refractivity contribution in [3.05, 3.63) is 0 Å². The SMILES string of the molecule is CP(C)(=O)OCC(F)(F)C(F)(F)C(F)(F)C(F)F. The molecule has 0 spiro atoms. The molecule has 0 atom stereocenters. The monoisotopic (exact) mass is 308 g/mol. The minimum Gasteiger partial charge on any atom is -0.322 e. The minimum atomic E-state index is -6.33. The van der Waals surface area contributed by atoms with Gasteiger partial charge in [-0.05, 0) is 0 Å². The summed E-state index contributed by atoms with van der Waals surface area (Å²) in [7, 11) is -3.65. The second kappa shape index (κ2) is 4.96. The van der Waals surface area contributed by atoms with E-state index in [-0.39, 0.29) is 0 Å². The van der Waals surface area contributed by atoms with Crippen LogP contribution in [0.5, 0.6) is 0 Å². The van der Waals surface area contributed by atoms with Gasteiger partial charge in [0.2, 0.25) is 0 Å². The fourth-order valence-electron chi connectivity index (χ4n) is 0.708. The van der Waals surface area contributed by atoms with E-state index in [1.54, 1.807) is 0 Å². The maximum atomic E-state index is 12.8. The molecule has 18 heavy (non-hydrogen) atoms. The molecule has 0 aromatic heterocycles. The van der Waals surface area contributed by atoms with Crippen LogP contribution in [0.15, 0.2) is 0 Å². The van der Waals surface area contributed by atoms with Gasteiger partial charge >= 0.3 is 24.2 Å². The van der Waals surface area contributed by atoms with Crippen LogP contribution in [-0.2, 0) is 9.09 Å². The Labute approximate surface area is 96.7 Å². The van der Waals surface area contributed by atoms with Crippen molar-refractivity contribution in [2.75, 3.05) is 19.9 Å².